The minimum atomic E-state index is 0.527. The van der Waals surface area contributed by atoms with E-state index in [0.717, 1.165) is 36.2 Å². The number of aromatic nitrogens is 2. The third kappa shape index (κ3) is 2.25. The van der Waals surface area contributed by atoms with Crippen LogP contribution in [0.25, 0.3) is 0 Å². The smallest absolute Gasteiger partial charge is 0.0674 e. The van der Waals surface area contributed by atoms with Crippen LogP contribution < -0.4 is 0 Å². The number of nitrogens with zero attached hydrogens (tertiary/aromatic N) is 2. The molecule has 13 heavy (non-hydrogen) atoms. The predicted octanol–water partition coefficient (Wildman–Crippen LogP) is 2.13. The molecular formula is C9H11BrN2O. The number of rotatable bonds is 1. The molecule has 2 rings (SSSR count). The van der Waals surface area contributed by atoms with E-state index < -0.39 is 0 Å². The van der Waals surface area contributed by atoms with E-state index in [9.17, 15) is 0 Å². The van der Waals surface area contributed by atoms with Crippen molar-refractivity contribution in [2.75, 3.05) is 13.2 Å². The summed E-state index contributed by atoms with van der Waals surface area (Å²) >= 11 is 3.39. The standard InChI is InChI=1S/C9H11BrN2O/c10-8-5-9(12-11-6-8)7-1-3-13-4-2-7/h5-7H,1-4H2. The Hall–Kier alpha value is -0.480. The Labute approximate surface area is 85.6 Å². The Morgan fingerprint density at radius 2 is 2.15 bits per heavy atom. The molecule has 0 aromatic carbocycles. The molecule has 4 heteroatoms. The van der Waals surface area contributed by atoms with Gasteiger partial charge in [-0.25, -0.2) is 0 Å². The summed E-state index contributed by atoms with van der Waals surface area (Å²) in [6, 6.07) is 2.04. The van der Waals surface area contributed by atoms with E-state index >= 15 is 0 Å². The van der Waals surface area contributed by atoms with Gasteiger partial charge < -0.3 is 4.74 Å². The van der Waals surface area contributed by atoms with Crippen LogP contribution >= 0.6 is 15.9 Å². The van der Waals surface area contributed by atoms with Crippen LogP contribution in [-0.4, -0.2) is 23.4 Å². The number of hydrogen-bond acceptors (Lipinski definition) is 3. The maximum Gasteiger partial charge on any atom is 0.0674 e. The largest absolute Gasteiger partial charge is 0.381 e. The lowest BCUT2D eigenvalue weighted by atomic mass is 9.96. The molecule has 1 aliphatic heterocycles. The quantitative estimate of drug-likeness (QED) is 0.757. The van der Waals surface area contributed by atoms with Crippen LogP contribution in [0.2, 0.25) is 0 Å². The summed E-state index contributed by atoms with van der Waals surface area (Å²) in [5, 5.41) is 8.05. The molecule has 3 nitrogen and oxygen atoms in total. The van der Waals surface area contributed by atoms with Gasteiger partial charge in [0.25, 0.3) is 0 Å². The van der Waals surface area contributed by atoms with E-state index in [2.05, 4.69) is 26.1 Å². The van der Waals surface area contributed by atoms with E-state index in [1.54, 1.807) is 6.20 Å². The molecule has 1 fully saturated rings. The van der Waals surface area contributed by atoms with Crippen LogP contribution in [0, 0.1) is 0 Å². The lowest BCUT2D eigenvalue weighted by molar-refractivity contribution is 0.0843. The highest BCUT2D eigenvalue weighted by atomic mass is 79.9. The SMILES string of the molecule is Brc1cnnc(C2CCOCC2)c1. The van der Waals surface area contributed by atoms with Crippen molar-refractivity contribution >= 4 is 15.9 Å². The van der Waals surface area contributed by atoms with Crippen LogP contribution in [-0.2, 0) is 4.74 Å². The second-order valence-electron chi connectivity index (χ2n) is 3.19. The van der Waals surface area contributed by atoms with Crippen LogP contribution in [0.4, 0.5) is 0 Å². The number of ether oxygens (including phenoxy) is 1. The molecule has 0 saturated carbocycles. The molecule has 1 aliphatic rings. The van der Waals surface area contributed by atoms with Crippen LogP contribution in [0.15, 0.2) is 16.7 Å². The van der Waals surface area contributed by atoms with Crippen LogP contribution in [0.5, 0.6) is 0 Å². The van der Waals surface area contributed by atoms with E-state index in [0.29, 0.717) is 5.92 Å². The molecule has 1 aromatic rings. The fourth-order valence-electron chi connectivity index (χ4n) is 1.55. The summed E-state index contributed by atoms with van der Waals surface area (Å²) in [6.45, 7) is 1.69. The molecule has 70 valence electrons. The molecule has 0 bridgehead atoms. The Morgan fingerprint density at radius 3 is 2.85 bits per heavy atom. The molecule has 0 amide bonds. The zero-order valence-electron chi connectivity index (χ0n) is 7.24. The molecule has 0 atom stereocenters. The second-order valence-corrected chi connectivity index (χ2v) is 4.10. The summed E-state index contributed by atoms with van der Waals surface area (Å²) < 4.78 is 6.30. The van der Waals surface area contributed by atoms with Crippen molar-refractivity contribution in [3.63, 3.8) is 0 Å². The van der Waals surface area contributed by atoms with Crippen molar-refractivity contribution in [2.45, 2.75) is 18.8 Å². The first-order valence-electron chi connectivity index (χ1n) is 4.42. The summed E-state index contributed by atoms with van der Waals surface area (Å²) in [5.74, 6) is 0.527. The molecule has 0 unspecified atom stereocenters. The first-order valence-corrected chi connectivity index (χ1v) is 5.21. The van der Waals surface area contributed by atoms with Crippen molar-refractivity contribution < 1.29 is 4.74 Å². The average molecular weight is 243 g/mol. The maximum absolute atomic E-state index is 5.29. The molecule has 0 radical (unpaired) electrons. The highest BCUT2D eigenvalue weighted by molar-refractivity contribution is 9.10. The monoisotopic (exact) mass is 242 g/mol. The average Bonchev–Trinajstić information content (AvgIpc) is 2.19. The van der Waals surface area contributed by atoms with Gasteiger partial charge >= 0.3 is 0 Å². The van der Waals surface area contributed by atoms with Gasteiger partial charge in [0.15, 0.2) is 0 Å². The van der Waals surface area contributed by atoms with Gasteiger partial charge in [-0.05, 0) is 34.8 Å². The molecule has 0 aliphatic carbocycles. The van der Waals surface area contributed by atoms with Gasteiger partial charge in [-0.3, -0.25) is 0 Å². The van der Waals surface area contributed by atoms with E-state index in [1.165, 1.54) is 0 Å². The lowest BCUT2D eigenvalue weighted by Crippen LogP contribution is -2.15. The lowest BCUT2D eigenvalue weighted by Gasteiger charge is -2.20. The van der Waals surface area contributed by atoms with Crippen molar-refractivity contribution in [3.8, 4) is 0 Å². The third-order valence-electron chi connectivity index (χ3n) is 2.28. The summed E-state index contributed by atoms with van der Waals surface area (Å²) in [5.41, 5.74) is 1.08. The Balaban J connectivity index is 2.14. The van der Waals surface area contributed by atoms with E-state index in [-0.39, 0.29) is 0 Å². The summed E-state index contributed by atoms with van der Waals surface area (Å²) in [6.07, 6.45) is 3.83. The van der Waals surface area contributed by atoms with Gasteiger partial charge in [-0.15, -0.1) is 0 Å². The van der Waals surface area contributed by atoms with Gasteiger partial charge in [0.1, 0.15) is 0 Å². The Morgan fingerprint density at radius 1 is 1.38 bits per heavy atom. The van der Waals surface area contributed by atoms with E-state index in [1.807, 2.05) is 6.07 Å². The first-order chi connectivity index (χ1) is 6.36. The first kappa shape index (κ1) is 9.09. The zero-order valence-corrected chi connectivity index (χ0v) is 8.83. The van der Waals surface area contributed by atoms with Gasteiger partial charge in [0.05, 0.1) is 11.9 Å². The maximum atomic E-state index is 5.29. The minimum absolute atomic E-state index is 0.527. The minimum Gasteiger partial charge on any atom is -0.381 e. The Kier molecular flexibility index (Phi) is 2.90. The molecular weight excluding hydrogens is 232 g/mol. The third-order valence-corrected chi connectivity index (χ3v) is 2.71. The summed E-state index contributed by atoms with van der Waals surface area (Å²) in [4.78, 5) is 0. The van der Waals surface area contributed by atoms with Gasteiger partial charge in [-0.2, -0.15) is 10.2 Å². The fourth-order valence-corrected chi connectivity index (χ4v) is 1.88. The molecule has 1 saturated heterocycles. The van der Waals surface area contributed by atoms with Crippen molar-refractivity contribution in [2.24, 2.45) is 0 Å². The Bertz CT molecular complexity index is 287. The topological polar surface area (TPSA) is 35.0 Å². The second kappa shape index (κ2) is 4.15. The van der Waals surface area contributed by atoms with Crippen molar-refractivity contribution in [3.05, 3.63) is 22.4 Å². The van der Waals surface area contributed by atoms with E-state index in [4.69, 9.17) is 4.74 Å². The van der Waals surface area contributed by atoms with Gasteiger partial charge in [0.2, 0.25) is 0 Å². The van der Waals surface area contributed by atoms with Crippen LogP contribution in [0.1, 0.15) is 24.5 Å². The molecule has 2 heterocycles. The fraction of sp³-hybridized carbons (Fsp3) is 0.556. The normalized spacial score (nSPS) is 18.8. The van der Waals surface area contributed by atoms with Gasteiger partial charge in [-0.1, -0.05) is 0 Å². The number of hydrogen-bond donors (Lipinski definition) is 0. The highest BCUT2D eigenvalue weighted by Gasteiger charge is 2.17. The molecule has 1 aromatic heterocycles. The van der Waals surface area contributed by atoms with Crippen molar-refractivity contribution in [1.29, 1.82) is 0 Å². The predicted molar refractivity (Wildman–Crippen MR) is 52.5 cm³/mol. The summed E-state index contributed by atoms with van der Waals surface area (Å²) in [7, 11) is 0. The zero-order chi connectivity index (χ0) is 9.10. The molecule has 0 spiro atoms. The molecule has 0 N–H and O–H groups in total. The highest BCUT2D eigenvalue weighted by Crippen LogP contribution is 2.25. The number of halogens is 1. The van der Waals surface area contributed by atoms with Gasteiger partial charge in [0, 0.05) is 23.6 Å². The van der Waals surface area contributed by atoms with Crippen LogP contribution in [0.3, 0.4) is 0 Å². The van der Waals surface area contributed by atoms with Crippen molar-refractivity contribution in [1.82, 2.24) is 10.2 Å².